The van der Waals surface area contributed by atoms with E-state index in [4.69, 9.17) is 14.6 Å². The number of benzene rings is 1. The summed E-state index contributed by atoms with van der Waals surface area (Å²) in [6.45, 7) is 1.29. The minimum absolute atomic E-state index is 0.0404. The van der Waals surface area contributed by atoms with E-state index in [1.165, 1.54) is 32.2 Å². The summed E-state index contributed by atoms with van der Waals surface area (Å²) in [4.78, 5) is 18.6. The van der Waals surface area contributed by atoms with Gasteiger partial charge in [0.2, 0.25) is 5.95 Å². The van der Waals surface area contributed by atoms with Crippen molar-refractivity contribution in [1.82, 2.24) is 9.97 Å². The summed E-state index contributed by atoms with van der Waals surface area (Å²) in [5, 5.41) is 11.8. The lowest BCUT2D eigenvalue weighted by Crippen LogP contribution is -2.25. The maximum Gasteiger partial charge on any atom is 0.418 e. The first-order chi connectivity index (χ1) is 14.2. The molecule has 164 valence electrons. The average Bonchev–Trinajstić information content (AvgIpc) is 2.67. The zero-order valence-corrected chi connectivity index (χ0v) is 16.2. The maximum atomic E-state index is 13.6. The predicted octanol–water partition coefficient (Wildman–Crippen LogP) is 4.20. The SMILES string of the molecule is CCO[C@H](c1ccc([C@H](COC)CC(=O)O)cc1Nc1ncc(F)cn1)C(F)(F)F. The zero-order valence-electron chi connectivity index (χ0n) is 16.2. The number of carboxylic acid groups (broad SMARTS) is 1. The number of anilines is 2. The summed E-state index contributed by atoms with van der Waals surface area (Å²) >= 11 is 0. The second-order valence-electron chi connectivity index (χ2n) is 6.32. The maximum absolute atomic E-state index is 13.6. The molecule has 1 aromatic carbocycles. The van der Waals surface area contributed by atoms with E-state index < -0.39 is 30.0 Å². The quantitative estimate of drug-likeness (QED) is 0.545. The second-order valence-corrected chi connectivity index (χ2v) is 6.32. The van der Waals surface area contributed by atoms with Crippen LogP contribution >= 0.6 is 0 Å². The average molecular weight is 431 g/mol. The van der Waals surface area contributed by atoms with Crippen LogP contribution in [0.2, 0.25) is 0 Å². The van der Waals surface area contributed by atoms with Crippen LogP contribution in [0.15, 0.2) is 30.6 Å². The minimum atomic E-state index is -4.70. The zero-order chi connectivity index (χ0) is 22.3. The van der Waals surface area contributed by atoms with E-state index in [0.717, 1.165) is 12.4 Å². The van der Waals surface area contributed by atoms with Gasteiger partial charge in [-0.25, -0.2) is 14.4 Å². The molecule has 2 atom stereocenters. The molecule has 0 radical (unpaired) electrons. The van der Waals surface area contributed by atoms with E-state index in [1.54, 1.807) is 0 Å². The number of alkyl halides is 3. The molecule has 0 spiro atoms. The smallest absolute Gasteiger partial charge is 0.418 e. The van der Waals surface area contributed by atoms with Crippen LogP contribution in [0, 0.1) is 5.82 Å². The number of carbonyl (C=O) groups is 1. The van der Waals surface area contributed by atoms with Crippen molar-refractivity contribution in [2.24, 2.45) is 0 Å². The van der Waals surface area contributed by atoms with Gasteiger partial charge >= 0.3 is 12.1 Å². The number of aliphatic carboxylic acids is 1. The van der Waals surface area contributed by atoms with Gasteiger partial charge in [-0.2, -0.15) is 13.2 Å². The molecule has 1 aromatic heterocycles. The van der Waals surface area contributed by atoms with Gasteiger partial charge in [0.05, 0.1) is 25.4 Å². The normalized spacial score (nSPS) is 13.7. The van der Waals surface area contributed by atoms with Crippen LogP contribution in [0.25, 0.3) is 0 Å². The summed E-state index contributed by atoms with van der Waals surface area (Å²) in [5.74, 6) is -2.53. The molecule has 30 heavy (non-hydrogen) atoms. The molecule has 0 saturated heterocycles. The van der Waals surface area contributed by atoms with Gasteiger partial charge in [-0.15, -0.1) is 0 Å². The lowest BCUT2D eigenvalue weighted by atomic mass is 9.93. The molecule has 0 bridgehead atoms. The van der Waals surface area contributed by atoms with Gasteiger partial charge in [0.15, 0.2) is 11.9 Å². The summed E-state index contributed by atoms with van der Waals surface area (Å²) in [7, 11) is 1.39. The highest BCUT2D eigenvalue weighted by Gasteiger charge is 2.43. The molecule has 0 aliphatic heterocycles. The molecular formula is C19H21F4N3O4. The van der Waals surface area contributed by atoms with Crippen LogP contribution in [-0.2, 0) is 14.3 Å². The molecule has 0 unspecified atom stereocenters. The highest BCUT2D eigenvalue weighted by Crippen LogP contribution is 2.41. The number of nitrogens with zero attached hydrogens (tertiary/aromatic N) is 2. The Hall–Kier alpha value is -2.79. The van der Waals surface area contributed by atoms with Gasteiger partial charge in [0, 0.05) is 30.9 Å². The largest absolute Gasteiger partial charge is 0.481 e. The molecule has 0 amide bonds. The van der Waals surface area contributed by atoms with E-state index in [-0.39, 0.29) is 36.8 Å². The fraction of sp³-hybridized carbons (Fsp3) is 0.421. The van der Waals surface area contributed by atoms with Crippen LogP contribution in [0.4, 0.5) is 29.2 Å². The summed E-state index contributed by atoms with van der Waals surface area (Å²) in [6, 6.07) is 3.97. The molecule has 1 heterocycles. The monoisotopic (exact) mass is 431 g/mol. The van der Waals surface area contributed by atoms with E-state index >= 15 is 0 Å². The van der Waals surface area contributed by atoms with Gasteiger partial charge in [-0.1, -0.05) is 12.1 Å². The van der Waals surface area contributed by atoms with E-state index in [1.807, 2.05) is 0 Å². The van der Waals surface area contributed by atoms with E-state index in [0.29, 0.717) is 5.56 Å². The van der Waals surface area contributed by atoms with Crippen molar-refractivity contribution < 1.29 is 36.9 Å². The van der Waals surface area contributed by atoms with Crippen LogP contribution in [0.1, 0.15) is 36.5 Å². The number of carboxylic acids is 1. The molecule has 2 N–H and O–H groups in total. The highest BCUT2D eigenvalue weighted by atomic mass is 19.4. The van der Waals surface area contributed by atoms with Crippen molar-refractivity contribution >= 4 is 17.6 Å². The summed E-state index contributed by atoms with van der Waals surface area (Å²) in [5.41, 5.74) is 0.152. The Bertz CT molecular complexity index is 847. The number of ether oxygens (including phenoxy) is 2. The number of halogens is 4. The number of methoxy groups -OCH3 is 1. The Labute approximate surface area is 170 Å². The Kier molecular flexibility index (Phi) is 8.07. The van der Waals surface area contributed by atoms with Crippen LogP contribution in [0.3, 0.4) is 0 Å². The third-order valence-electron chi connectivity index (χ3n) is 4.12. The Morgan fingerprint density at radius 2 is 1.93 bits per heavy atom. The molecule has 0 aliphatic carbocycles. The van der Waals surface area contributed by atoms with Gasteiger partial charge in [-0.3, -0.25) is 4.79 Å². The van der Waals surface area contributed by atoms with Gasteiger partial charge < -0.3 is 19.9 Å². The predicted molar refractivity (Wildman–Crippen MR) is 99.0 cm³/mol. The molecule has 11 heteroatoms. The van der Waals surface area contributed by atoms with Crippen molar-refractivity contribution in [1.29, 1.82) is 0 Å². The molecule has 7 nitrogen and oxygen atoms in total. The van der Waals surface area contributed by atoms with Gasteiger partial charge in [0.25, 0.3) is 0 Å². The summed E-state index contributed by atoms with van der Waals surface area (Å²) in [6.07, 6.45) is -5.50. The Morgan fingerprint density at radius 1 is 1.27 bits per heavy atom. The van der Waals surface area contributed by atoms with E-state index in [2.05, 4.69) is 15.3 Å². The first-order valence-corrected chi connectivity index (χ1v) is 8.93. The lowest BCUT2D eigenvalue weighted by molar-refractivity contribution is -0.222. The topological polar surface area (TPSA) is 93.6 Å². The molecule has 2 aromatic rings. The first-order valence-electron chi connectivity index (χ1n) is 8.93. The number of hydrogen-bond acceptors (Lipinski definition) is 6. The number of hydrogen-bond donors (Lipinski definition) is 2. The molecule has 0 fully saturated rings. The van der Waals surface area contributed by atoms with Crippen LogP contribution < -0.4 is 5.32 Å². The minimum Gasteiger partial charge on any atom is -0.481 e. The number of aromatic nitrogens is 2. The van der Waals surface area contributed by atoms with Crippen molar-refractivity contribution in [3.8, 4) is 0 Å². The van der Waals surface area contributed by atoms with Gasteiger partial charge in [0.1, 0.15) is 0 Å². The van der Waals surface area contributed by atoms with E-state index in [9.17, 15) is 22.4 Å². The lowest BCUT2D eigenvalue weighted by Gasteiger charge is -2.25. The fourth-order valence-corrected chi connectivity index (χ4v) is 2.87. The number of rotatable bonds is 10. The third-order valence-corrected chi connectivity index (χ3v) is 4.12. The Balaban J connectivity index is 2.54. The molecule has 2 rings (SSSR count). The standard InChI is InChI=1S/C19H21F4N3O4/c1-3-30-17(19(21,22)23)14-5-4-11(12(10-29-2)7-16(27)28)6-15(14)26-18-24-8-13(20)9-25-18/h4-6,8-9,12,17H,3,7,10H2,1-2H3,(H,27,28)(H,24,25,26)/t12-,17+/m0/s1. The first kappa shape index (κ1) is 23.5. The number of nitrogens with one attached hydrogen (secondary N) is 1. The van der Waals surface area contributed by atoms with Crippen LogP contribution in [-0.4, -0.2) is 47.5 Å². The molecular weight excluding hydrogens is 410 g/mol. The molecule has 0 saturated carbocycles. The highest BCUT2D eigenvalue weighted by molar-refractivity contribution is 5.69. The van der Waals surface area contributed by atoms with Crippen LogP contribution in [0.5, 0.6) is 0 Å². The molecule has 0 aliphatic rings. The van der Waals surface area contributed by atoms with Gasteiger partial charge in [-0.05, 0) is 18.6 Å². The van der Waals surface area contributed by atoms with Crippen molar-refractivity contribution in [3.05, 3.63) is 47.5 Å². The fourth-order valence-electron chi connectivity index (χ4n) is 2.87. The van der Waals surface area contributed by atoms with Crippen molar-refractivity contribution in [2.75, 3.05) is 25.6 Å². The van der Waals surface area contributed by atoms with Crippen molar-refractivity contribution in [3.63, 3.8) is 0 Å². The Morgan fingerprint density at radius 3 is 2.47 bits per heavy atom. The summed E-state index contributed by atoms with van der Waals surface area (Å²) < 4.78 is 63.8. The second kappa shape index (κ2) is 10.3. The van der Waals surface area contributed by atoms with Crippen molar-refractivity contribution in [2.45, 2.75) is 31.5 Å². The third kappa shape index (κ3) is 6.36.